The summed E-state index contributed by atoms with van der Waals surface area (Å²) >= 11 is 0. The number of nitrogens with one attached hydrogen (secondary N) is 1. The third kappa shape index (κ3) is 3.04. The van der Waals surface area contributed by atoms with E-state index in [9.17, 15) is 14.3 Å². The summed E-state index contributed by atoms with van der Waals surface area (Å²) in [7, 11) is 0. The molecule has 27 heavy (non-hydrogen) atoms. The molecule has 2 amide bonds. The molecule has 6 rings (SSSR count). The highest BCUT2D eigenvalue weighted by Crippen LogP contribution is 2.55. The van der Waals surface area contributed by atoms with Crippen LogP contribution in [0.4, 0.5) is 9.18 Å². The Morgan fingerprint density at radius 2 is 1.59 bits per heavy atom. The second kappa shape index (κ2) is 6.20. The Morgan fingerprint density at radius 3 is 2.15 bits per heavy atom. The molecule has 5 fully saturated rings. The van der Waals surface area contributed by atoms with Gasteiger partial charge in [-0.25, -0.2) is 9.18 Å². The molecular formula is C22H29FN2O2. The van der Waals surface area contributed by atoms with Gasteiger partial charge in [0.25, 0.3) is 0 Å². The number of piperidine rings is 1. The molecule has 5 aliphatic rings. The lowest BCUT2D eigenvalue weighted by atomic mass is 9.53. The second-order valence-corrected chi connectivity index (χ2v) is 9.63. The van der Waals surface area contributed by atoms with Gasteiger partial charge in [0.15, 0.2) is 0 Å². The molecule has 1 heterocycles. The van der Waals surface area contributed by atoms with Crippen molar-refractivity contribution in [2.24, 2.45) is 17.8 Å². The summed E-state index contributed by atoms with van der Waals surface area (Å²) in [5.74, 6) is 2.02. The standard InChI is InChI=1S/C22H29FN2O2/c23-19-4-2-1-3-18(19)22(27)5-7-25(8-6-22)20(26)24-21-12-15-9-16(13-21)11-17(10-15)14-21/h1-4,15-17,27H,5-14H2,(H,24,26). The number of hydrogen-bond donors (Lipinski definition) is 2. The zero-order chi connectivity index (χ0) is 18.6. The Labute approximate surface area is 160 Å². The molecule has 4 saturated carbocycles. The van der Waals surface area contributed by atoms with Crippen LogP contribution in [0.15, 0.2) is 24.3 Å². The SMILES string of the molecule is O=C(NC12CC3CC(CC(C3)C1)C2)N1CCC(O)(c2ccccc2F)CC1. The normalized spacial score (nSPS) is 36.7. The van der Waals surface area contributed by atoms with Crippen LogP contribution in [0.1, 0.15) is 56.9 Å². The van der Waals surface area contributed by atoms with E-state index in [1.165, 1.54) is 25.3 Å². The molecule has 1 aromatic rings. The lowest BCUT2D eigenvalue weighted by molar-refractivity contribution is -0.0293. The zero-order valence-electron chi connectivity index (χ0n) is 15.8. The topological polar surface area (TPSA) is 52.6 Å². The number of halogens is 1. The van der Waals surface area contributed by atoms with Crippen molar-refractivity contribution in [2.45, 2.75) is 62.5 Å². The van der Waals surface area contributed by atoms with E-state index in [2.05, 4.69) is 5.32 Å². The molecule has 0 radical (unpaired) electrons. The van der Waals surface area contributed by atoms with Gasteiger partial charge in [-0.2, -0.15) is 0 Å². The van der Waals surface area contributed by atoms with Crippen LogP contribution in [0.2, 0.25) is 0 Å². The van der Waals surface area contributed by atoms with Crippen molar-refractivity contribution in [1.82, 2.24) is 10.2 Å². The molecular weight excluding hydrogens is 343 g/mol. The van der Waals surface area contributed by atoms with Crippen molar-refractivity contribution in [3.63, 3.8) is 0 Å². The van der Waals surface area contributed by atoms with Crippen LogP contribution in [-0.2, 0) is 5.60 Å². The number of benzene rings is 1. The van der Waals surface area contributed by atoms with Gasteiger partial charge in [0.2, 0.25) is 0 Å². The lowest BCUT2D eigenvalue weighted by Gasteiger charge is -2.57. The number of urea groups is 1. The number of nitrogens with zero attached hydrogens (tertiary/aromatic N) is 1. The quantitative estimate of drug-likeness (QED) is 0.830. The van der Waals surface area contributed by atoms with E-state index in [0.717, 1.165) is 37.0 Å². The summed E-state index contributed by atoms with van der Waals surface area (Å²) in [6.07, 6.45) is 8.23. The molecule has 0 aromatic heterocycles. The predicted molar refractivity (Wildman–Crippen MR) is 101 cm³/mol. The first kappa shape index (κ1) is 17.5. The van der Waals surface area contributed by atoms with Crippen LogP contribution in [0.5, 0.6) is 0 Å². The summed E-state index contributed by atoms with van der Waals surface area (Å²) in [6, 6.07) is 6.44. The Bertz CT molecular complexity index is 706. The van der Waals surface area contributed by atoms with Gasteiger partial charge in [-0.3, -0.25) is 0 Å². The molecule has 146 valence electrons. The van der Waals surface area contributed by atoms with Crippen molar-refractivity contribution in [3.05, 3.63) is 35.6 Å². The fourth-order valence-electron chi connectivity index (χ4n) is 6.76. The van der Waals surface area contributed by atoms with Crippen LogP contribution in [-0.4, -0.2) is 34.7 Å². The molecule has 5 heteroatoms. The number of carbonyl (C=O) groups excluding carboxylic acids is 1. The summed E-state index contributed by atoms with van der Waals surface area (Å²) in [5.41, 5.74) is -0.820. The third-order valence-corrected chi connectivity index (χ3v) is 7.66. The first-order valence-electron chi connectivity index (χ1n) is 10.5. The maximum atomic E-state index is 14.1. The van der Waals surface area contributed by atoms with E-state index in [-0.39, 0.29) is 17.4 Å². The summed E-state index contributed by atoms with van der Waals surface area (Å²) in [4.78, 5) is 14.8. The smallest absolute Gasteiger partial charge is 0.317 e. The summed E-state index contributed by atoms with van der Waals surface area (Å²) in [6.45, 7) is 0.923. The average Bonchev–Trinajstić information content (AvgIpc) is 2.61. The second-order valence-electron chi connectivity index (χ2n) is 9.63. The predicted octanol–water partition coefficient (Wildman–Crippen LogP) is 3.79. The Kier molecular flexibility index (Phi) is 4.01. The molecule has 1 aromatic carbocycles. The Balaban J connectivity index is 1.24. The number of amides is 2. The highest BCUT2D eigenvalue weighted by Gasteiger charge is 2.52. The van der Waals surface area contributed by atoms with Gasteiger partial charge in [-0.1, -0.05) is 18.2 Å². The minimum absolute atomic E-state index is 0.00508. The fraction of sp³-hybridized carbons (Fsp3) is 0.682. The van der Waals surface area contributed by atoms with E-state index >= 15 is 0 Å². The van der Waals surface area contributed by atoms with Crippen LogP contribution in [0, 0.1) is 23.6 Å². The van der Waals surface area contributed by atoms with Gasteiger partial charge in [-0.05, 0) is 75.2 Å². The molecule has 1 saturated heterocycles. The molecule has 4 nitrogen and oxygen atoms in total. The number of hydrogen-bond acceptors (Lipinski definition) is 2. The molecule has 0 unspecified atom stereocenters. The summed E-state index contributed by atoms with van der Waals surface area (Å²) in [5, 5.41) is 14.3. The van der Waals surface area contributed by atoms with Crippen molar-refractivity contribution in [1.29, 1.82) is 0 Å². The molecule has 0 atom stereocenters. The maximum absolute atomic E-state index is 14.1. The monoisotopic (exact) mass is 372 g/mol. The van der Waals surface area contributed by atoms with Gasteiger partial charge in [0.05, 0.1) is 5.60 Å². The van der Waals surface area contributed by atoms with E-state index in [0.29, 0.717) is 31.5 Å². The van der Waals surface area contributed by atoms with Crippen molar-refractivity contribution in [2.75, 3.05) is 13.1 Å². The van der Waals surface area contributed by atoms with Crippen molar-refractivity contribution < 1.29 is 14.3 Å². The zero-order valence-corrected chi connectivity index (χ0v) is 15.8. The van der Waals surface area contributed by atoms with Crippen molar-refractivity contribution >= 4 is 6.03 Å². The van der Waals surface area contributed by atoms with Gasteiger partial charge in [-0.15, -0.1) is 0 Å². The number of carbonyl (C=O) groups is 1. The van der Waals surface area contributed by atoms with Crippen LogP contribution in [0.25, 0.3) is 0 Å². The Hall–Kier alpha value is -1.62. The van der Waals surface area contributed by atoms with Gasteiger partial charge < -0.3 is 15.3 Å². The molecule has 4 bridgehead atoms. The minimum atomic E-state index is -1.18. The highest BCUT2D eigenvalue weighted by atomic mass is 19.1. The maximum Gasteiger partial charge on any atom is 0.317 e. The molecule has 4 aliphatic carbocycles. The van der Waals surface area contributed by atoms with E-state index in [1.807, 2.05) is 4.90 Å². The lowest BCUT2D eigenvalue weighted by Crippen LogP contribution is -2.62. The summed E-state index contributed by atoms with van der Waals surface area (Å²) < 4.78 is 14.1. The van der Waals surface area contributed by atoms with Gasteiger partial charge >= 0.3 is 6.03 Å². The number of rotatable bonds is 2. The molecule has 1 aliphatic heterocycles. The van der Waals surface area contributed by atoms with E-state index in [4.69, 9.17) is 0 Å². The highest BCUT2D eigenvalue weighted by molar-refractivity contribution is 5.75. The van der Waals surface area contributed by atoms with Crippen molar-refractivity contribution in [3.8, 4) is 0 Å². The minimum Gasteiger partial charge on any atom is -0.385 e. The molecule has 0 spiro atoms. The first-order chi connectivity index (χ1) is 12.9. The van der Waals surface area contributed by atoms with Gasteiger partial charge in [0, 0.05) is 24.2 Å². The number of likely N-dealkylation sites (tertiary alicyclic amines) is 1. The van der Waals surface area contributed by atoms with Crippen LogP contribution < -0.4 is 5.32 Å². The van der Waals surface area contributed by atoms with Crippen LogP contribution in [0.3, 0.4) is 0 Å². The number of aliphatic hydroxyl groups is 1. The Morgan fingerprint density at radius 1 is 1.04 bits per heavy atom. The third-order valence-electron chi connectivity index (χ3n) is 7.66. The molecule has 2 N–H and O–H groups in total. The first-order valence-corrected chi connectivity index (χ1v) is 10.5. The largest absolute Gasteiger partial charge is 0.385 e. The van der Waals surface area contributed by atoms with Gasteiger partial charge in [0.1, 0.15) is 5.82 Å². The average molecular weight is 372 g/mol. The van der Waals surface area contributed by atoms with E-state index in [1.54, 1.807) is 18.2 Å². The fourth-order valence-corrected chi connectivity index (χ4v) is 6.76. The van der Waals surface area contributed by atoms with Crippen LogP contribution >= 0.6 is 0 Å². The van der Waals surface area contributed by atoms with E-state index < -0.39 is 5.60 Å².